The molecule has 0 aliphatic carbocycles. The van der Waals surface area contributed by atoms with Crippen molar-refractivity contribution >= 4 is 35.7 Å². The highest BCUT2D eigenvalue weighted by atomic mass is 32.2. The molecule has 4 aromatic rings. The van der Waals surface area contributed by atoms with E-state index in [1.165, 1.54) is 24.3 Å². The zero-order chi connectivity index (χ0) is 34.9. The van der Waals surface area contributed by atoms with E-state index in [9.17, 15) is 4.39 Å². The van der Waals surface area contributed by atoms with Crippen LogP contribution in [-0.4, -0.2) is 48.6 Å². The molecule has 254 valence electrons. The van der Waals surface area contributed by atoms with E-state index in [2.05, 4.69) is 17.4 Å². The van der Waals surface area contributed by atoms with E-state index in [1.54, 1.807) is 43.2 Å². The van der Waals surface area contributed by atoms with Gasteiger partial charge in [-0.1, -0.05) is 11.8 Å². The second-order valence-electron chi connectivity index (χ2n) is 12.0. The standard InChI is InChI=1S/C34H40F3N3O4S.HNS/c1-33(2,3)43-16-15-34(4,5)44-25-18-27(36)26(28(37)19-25)21-45-32-38-20-31(40(32)23-11-9-22(35)10-12-23)39(6)24-13-14-29(41-7)30(17-24)42-8;1-2/h9-14,17-20H,15-16,21H2,1-8H3;1H. The summed E-state index contributed by atoms with van der Waals surface area (Å²) in [4.78, 5) is 6.46. The lowest BCUT2D eigenvalue weighted by Crippen LogP contribution is -2.32. The molecule has 0 bridgehead atoms. The van der Waals surface area contributed by atoms with E-state index in [0.29, 0.717) is 41.2 Å². The number of benzene rings is 3. The third kappa shape index (κ3) is 10.1. The van der Waals surface area contributed by atoms with Crippen molar-refractivity contribution < 1.29 is 32.1 Å². The van der Waals surface area contributed by atoms with Crippen molar-refractivity contribution in [2.24, 2.45) is 0 Å². The first-order chi connectivity index (χ1) is 22.2. The zero-order valence-electron chi connectivity index (χ0n) is 27.8. The molecule has 0 unspecified atom stereocenters. The van der Waals surface area contributed by atoms with Crippen LogP contribution in [0, 0.1) is 22.2 Å². The van der Waals surface area contributed by atoms with Crippen LogP contribution >= 0.6 is 11.8 Å². The van der Waals surface area contributed by atoms with Crippen molar-refractivity contribution in [1.29, 1.82) is 4.78 Å². The summed E-state index contributed by atoms with van der Waals surface area (Å²) in [6.45, 7) is 10.0. The lowest BCUT2D eigenvalue weighted by molar-refractivity contribution is -0.0293. The maximum atomic E-state index is 15.3. The van der Waals surface area contributed by atoms with Crippen LogP contribution in [0.25, 0.3) is 5.69 Å². The third-order valence-corrected chi connectivity index (χ3v) is 7.97. The fourth-order valence-corrected chi connectivity index (χ4v) is 5.55. The molecule has 13 heteroatoms. The van der Waals surface area contributed by atoms with Crippen molar-refractivity contribution in [3.8, 4) is 22.9 Å². The number of hydrogen-bond donors (Lipinski definition) is 1. The van der Waals surface area contributed by atoms with E-state index in [0.717, 1.165) is 17.4 Å². The van der Waals surface area contributed by atoms with Crippen LogP contribution in [0.3, 0.4) is 0 Å². The average Bonchev–Trinajstić information content (AvgIpc) is 3.44. The van der Waals surface area contributed by atoms with Crippen LogP contribution < -0.4 is 19.1 Å². The maximum absolute atomic E-state index is 15.3. The predicted molar refractivity (Wildman–Crippen MR) is 182 cm³/mol. The topological polar surface area (TPSA) is 81.8 Å². The second kappa shape index (κ2) is 16.3. The van der Waals surface area contributed by atoms with Gasteiger partial charge >= 0.3 is 0 Å². The second-order valence-corrected chi connectivity index (χ2v) is 13.0. The molecule has 0 amide bonds. The van der Waals surface area contributed by atoms with E-state index in [1.807, 2.05) is 58.7 Å². The predicted octanol–water partition coefficient (Wildman–Crippen LogP) is 9.03. The van der Waals surface area contributed by atoms with E-state index in [4.69, 9.17) is 23.7 Å². The van der Waals surface area contributed by atoms with Crippen LogP contribution in [0.4, 0.5) is 24.7 Å². The molecule has 3 aromatic carbocycles. The summed E-state index contributed by atoms with van der Waals surface area (Å²) in [5, 5.41) is 0.461. The molecule has 0 radical (unpaired) electrons. The summed E-state index contributed by atoms with van der Waals surface area (Å²) in [5.74, 6) is -0.00754. The molecule has 4 rings (SSSR count). The van der Waals surface area contributed by atoms with Crippen LogP contribution in [-0.2, 0) is 22.9 Å². The van der Waals surface area contributed by atoms with Crippen LogP contribution in [0.1, 0.15) is 46.6 Å². The van der Waals surface area contributed by atoms with Crippen molar-refractivity contribution in [1.82, 2.24) is 9.55 Å². The summed E-state index contributed by atoms with van der Waals surface area (Å²) in [6.07, 6.45) is 2.19. The number of hydrogen-bond acceptors (Lipinski definition) is 9. The van der Waals surface area contributed by atoms with Crippen molar-refractivity contribution in [3.05, 3.63) is 83.8 Å². The zero-order valence-corrected chi connectivity index (χ0v) is 29.5. The van der Waals surface area contributed by atoms with Gasteiger partial charge in [0.2, 0.25) is 0 Å². The molecular formula is C34H41F3N4O4S2. The Balaban J connectivity index is 0.00000294. The normalized spacial score (nSPS) is 11.5. The smallest absolute Gasteiger partial charge is 0.174 e. The highest BCUT2D eigenvalue weighted by Gasteiger charge is 2.24. The van der Waals surface area contributed by atoms with Gasteiger partial charge in [-0.15, -0.1) is 0 Å². The molecule has 47 heavy (non-hydrogen) atoms. The summed E-state index contributed by atoms with van der Waals surface area (Å²) in [6, 6.07) is 13.8. The molecule has 0 aliphatic heterocycles. The minimum Gasteiger partial charge on any atom is -0.493 e. The number of nitrogens with zero attached hydrogens (tertiary/aromatic N) is 3. The van der Waals surface area contributed by atoms with Crippen molar-refractivity contribution in [2.75, 3.05) is 32.8 Å². The lowest BCUT2D eigenvalue weighted by atomic mass is 10.1. The summed E-state index contributed by atoms with van der Waals surface area (Å²) >= 11 is 4.49. The summed E-state index contributed by atoms with van der Waals surface area (Å²) < 4.78 is 74.1. The fraction of sp³-hybridized carbons (Fsp3) is 0.382. The lowest BCUT2D eigenvalue weighted by Gasteiger charge is -2.28. The number of anilines is 2. The Morgan fingerprint density at radius 1 is 0.894 bits per heavy atom. The molecule has 0 saturated carbocycles. The first kappa shape index (κ1) is 37.6. The number of imidazole rings is 1. The molecule has 1 heterocycles. The molecule has 0 spiro atoms. The molecule has 1 aromatic heterocycles. The SMILES string of the molecule is COc1ccc(N(C)c2cnc(SCc3c(F)cc(OC(C)(C)CCOC(C)(C)C)cc3F)n2-c2ccc(F)cc2)cc1OC.N=S. The molecule has 0 fully saturated rings. The molecule has 0 saturated heterocycles. The number of nitrogens with one attached hydrogen (secondary N) is 1. The van der Waals surface area contributed by atoms with Gasteiger partial charge in [0.05, 0.1) is 32.6 Å². The molecule has 8 nitrogen and oxygen atoms in total. The third-order valence-electron chi connectivity index (χ3n) is 6.99. The Hall–Kier alpha value is -3.81. The first-order valence-corrected chi connectivity index (χ1v) is 16.0. The van der Waals surface area contributed by atoms with E-state index < -0.39 is 17.2 Å². The van der Waals surface area contributed by atoms with Gasteiger partial charge in [-0.3, -0.25) is 4.57 Å². The summed E-state index contributed by atoms with van der Waals surface area (Å²) in [5.41, 5.74) is 0.300. The first-order valence-electron chi connectivity index (χ1n) is 14.6. The van der Waals surface area contributed by atoms with Gasteiger partial charge in [0.1, 0.15) is 34.6 Å². The Labute approximate surface area is 284 Å². The van der Waals surface area contributed by atoms with Gasteiger partial charge in [0, 0.05) is 66.8 Å². The largest absolute Gasteiger partial charge is 0.493 e. The number of halogens is 3. The molecule has 1 N–H and O–H groups in total. The summed E-state index contributed by atoms with van der Waals surface area (Å²) in [7, 11) is 4.97. The van der Waals surface area contributed by atoms with Crippen LogP contribution in [0.2, 0.25) is 0 Å². The highest BCUT2D eigenvalue weighted by Crippen LogP contribution is 2.37. The van der Waals surface area contributed by atoms with Crippen molar-refractivity contribution in [2.45, 2.75) is 63.2 Å². The maximum Gasteiger partial charge on any atom is 0.174 e. The van der Waals surface area contributed by atoms with Gasteiger partial charge < -0.3 is 23.8 Å². The number of methoxy groups -OCH3 is 2. The number of rotatable bonds is 13. The molecule has 0 atom stereocenters. The molecule has 0 aliphatic rings. The van der Waals surface area contributed by atoms with Gasteiger partial charge in [-0.2, -0.15) is 0 Å². The number of thioether (sulfide) groups is 1. The molecular weight excluding hydrogens is 650 g/mol. The Morgan fingerprint density at radius 2 is 1.51 bits per heavy atom. The number of aromatic nitrogens is 2. The van der Waals surface area contributed by atoms with Gasteiger partial charge in [0.25, 0.3) is 0 Å². The van der Waals surface area contributed by atoms with Gasteiger partial charge in [-0.05, 0) is 71.0 Å². The van der Waals surface area contributed by atoms with Crippen LogP contribution in [0.5, 0.6) is 17.2 Å². The Morgan fingerprint density at radius 3 is 2.09 bits per heavy atom. The van der Waals surface area contributed by atoms with E-state index >= 15 is 8.78 Å². The Bertz CT molecular complexity index is 1610. The highest BCUT2D eigenvalue weighted by molar-refractivity contribution is 7.98. The van der Waals surface area contributed by atoms with Crippen molar-refractivity contribution in [3.63, 3.8) is 0 Å². The van der Waals surface area contributed by atoms with E-state index in [-0.39, 0.29) is 28.5 Å². The van der Waals surface area contributed by atoms with Crippen LogP contribution in [0.15, 0.2) is 66.0 Å². The minimum absolute atomic E-state index is 0.0432. The number of ether oxygens (including phenoxy) is 4. The minimum atomic E-state index is -0.721. The average molecular weight is 691 g/mol. The monoisotopic (exact) mass is 690 g/mol. The fourth-order valence-electron chi connectivity index (χ4n) is 4.55. The Kier molecular flexibility index (Phi) is 13.1. The van der Waals surface area contributed by atoms with Gasteiger partial charge in [-0.25, -0.2) is 22.9 Å². The van der Waals surface area contributed by atoms with Gasteiger partial charge in [0.15, 0.2) is 16.7 Å². The quantitative estimate of drug-likeness (QED) is 0.139.